The zero-order valence-corrected chi connectivity index (χ0v) is 15.1. The van der Waals surface area contributed by atoms with Crippen molar-refractivity contribution in [1.29, 1.82) is 0 Å². The van der Waals surface area contributed by atoms with E-state index in [1.807, 2.05) is 22.6 Å². The molecule has 0 saturated carbocycles. The Bertz CT molecular complexity index is 717. The van der Waals surface area contributed by atoms with Crippen LogP contribution in [0.15, 0.2) is 17.0 Å². The summed E-state index contributed by atoms with van der Waals surface area (Å²) < 4.78 is 11.1. The summed E-state index contributed by atoms with van der Waals surface area (Å²) in [5.74, 6) is -0.792. The molecule has 0 bridgehead atoms. The molecule has 0 radical (unpaired) electrons. The van der Waals surface area contributed by atoms with Crippen molar-refractivity contribution in [2.24, 2.45) is 0 Å². The molecular weight excluding hydrogens is 437 g/mol. The Kier molecular flexibility index (Phi) is 5.52. The molecule has 0 spiro atoms. The number of ether oxygens (including phenoxy) is 2. The molecule has 7 nitrogen and oxygen atoms in total. The van der Waals surface area contributed by atoms with Gasteiger partial charge in [0.15, 0.2) is 18.1 Å². The Morgan fingerprint density at radius 1 is 1.43 bits per heavy atom. The molecule has 0 atom stereocenters. The molecule has 1 aromatic rings. The Labute approximate surface area is 149 Å². The van der Waals surface area contributed by atoms with Gasteiger partial charge in [0.05, 0.1) is 15.6 Å². The van der Waals surface area contributed by atoms with Crippen molar-refractivity contribution in [2.75, 3.05) is 20.8 Å². The summed E-state index contributed by atoms with van der Waals surface area (Å²) in [6.45, 7) is -0.486. The van der Waals surface area contributed by atoms with Crippen LogP contribution in [0.1, 0.15) is 5.56 Å². The molecule has 0 aliphatic carbocycles. The third kappa shape index (κ3) is 3.96. The topological polar surface area (TPSA) is 93.1 Å². The van der Waals surface area contributed by atoms with Gasteiger partial charge in [-0.2, -0.15) is 0 Å². The fourth-order valence-corrected chi connectivity index (χ4v) is 3.40. The third-order valence-corrected chi connectivity index (χ3v) is 4.64. The van der Waals surface area contributed by atoms with Crippen LogP contribution in [0.5, 0.6) is 11.5 Å². The van der Waals surface area contributed by atoms with E-state index in [1.165, 1.54) is 14.2 Å². The number of carbonyl (C=O) groups excluding carboxylic acids is 2. The van der Waals surface area contributed by atoms with Crippen molar-refractivity contribution in [3.05, 3.63) is 26.2 Å². The molecule has 1 heterocycles. The number of likely N-dealkylation sites (N-methyl/N-ethyl adjacent to an activating group) is 1. The Balaban J connectivity index is 2.35. The molecule has 122 valence electrons. The largest absolute Gasteiger partial charge is 0.493 e. The van der Waals surface area contributed by atoms with Gasteiger partial charge in [-0.15, -0.1) is 0 Å². The summed E-state index contributed by atoms with van der Waals surface area (Å²) in [5, 5.41) is 8.37. The Morgan fingerprint density at radius 3 is 2.65 bits per heavy atom. The maximum Gasteiger partial charge on any atom is 0.341 e. The molecule has 23 heavy (non-hydrogen) atoms. The van der Waals surface area contributed by atoms with Gasteiger partial charge in [-0.05, 0) is 58.1 Å². The van der Waals surface area contributed by atoms with E-state index in [-0.39, 0.29) is 11.1 Å². The highest BCUT2D eigenvalue weighted by Crippen LogP contribution is 2.36. The number of methoxy groups -OCH3 is 1. The van der Waals surface area contributed by atoms with E-state index in [0.29, 0.717) is 25.5 Å². The summed E-state index contributed by atoms with van der Waals surface area (Å²) in [6.07, 6.45) is 1.58. The molecule has 1 N–H and O–H groups in total. The molecule has 2 amide bonds. The summed E-state index contributed by atoms with van der Waals surface area (Å²) in [6, 6.07) is 3.33. The molecule has 0 unspecified atom stereocenters. The lowest BCUT2D eigenvalue weighted by Crippen LogP contribution is -2.22. The summed E-state index contributed by atoms with van der Waals surface area (Å²) in [7, 11) is 2.86. The number of carbonyl (C=O) groups is 3. The lowest BCUT2D eigenvalue weighted by Gasteiger charge is -2.12. The minimum atomic E-state index is -1.09. The average molecular weight is 449 g/mol. The highest BCUT2D eigenvalue weighted by molar-refractivity contribution is 14.1. The first-order chi connectivity index (χ1) is 10.8. The van der Waals surface area contributed by atoms with Gasteiger partial charge in [0.2, 0.25) is 0 Å². The highest BCUT2D eigenvalue weighted by atomic mass is 127. The smallest absolute Gasteiger partial charge is 0.341 e. The Morgan fingerprint density at radius 2 is 2.13 bits per heavy atom. The molecule has 2 rings (SSSR count). The fraction of sp³-hybridized carbons (Fsp3) is 0.214. The van der Waals surface area contributed by atoms with Crippen molar-refractivity contribution in [1.82, 2.24) is 4.90 Å². The first-order valence-electron chi connectivity index (χ1n) is 6.27. The van der Waals surface area contributed by atoms with Crippen molar-refractivity contribution < 1.29 is 29.0 Å². The molecule has 1 aromatic carbocycles. The van der Waals surface area contributed by atoms with E-state index in [1.54, 1.807) is 18.2 Å². The lowest BCUT2D eigenvalue weighted by atomic mass is 10.2. The molecule has 0 aromatic heterocycles. The van der Waals surface area contributed by atoms with Crippen LogP contribution in [0, 0.1) is 3.57 Å². The number of aliphatic carboxylic acids is 1. The minimum absolute atomic E-state index is 0.314. The molecule has 1 saturated heterocycles. The zero-order valence-electron chi connectivity index (χ0n) is 12.2. The van der Waals surface area contributed by atoms with E-state index in [2.05, 4.69) is 0 Å². The van der Waals surface area contributed by atoms with Crippen molar-refractivity contribution in [3.63, 3.8) is 0 Å². The van der Waals surface area contributed by atoms with Crippen LogP contribution in [-0.2, 0) is 9.59 Å². The van der Waals surface area contributed by atoms with E-state index in [9.17, 15) is 14.4 Å². The number of rotatable bonds is 5. The van der Waals surface area contributed by atoms with Gasteiger partial charge in [-0.3, -0.25) is 14.5 Å². The Hall–Kier alpha value is -1.75. The predicted octanol–water partition coefficient (Wildman–Crippen LogP) is 2.43. The van der Waals surface area contributed by atoms with Crippen LogP contribution in [0.3, 0.4) is 0 Å². The third-order valence-electron chi connectivity index (χ3n) is 2.88. The van der Waals surface area contributed by atoms with Crippen LogP contribution in [-0.4, -0.2) is 47.9 Å². The molecule has 1 fully saturated rings. The summed E-state index contributed by atoms with van der Waals surface area (Å²) in [4.78, 5) is 35.4. The van der Waals surface area contributed by atoms with Gasteiger partial charge >= 0.3 is 5.97 Å². The maximum atomic E-state index is 11.9. The predicted molar refractivity (Wildman–Crippen MR) is 92.6 cm³/mol. The van der Waals surface area contributed by atoms with Gasteiger partial charge in [-0.25, -0.2) is 4.79 Å². The van der Waals surface area contributed by atoms with Crippen molar-refractivity contribution in [3.8, 4) is 11.5 Å². The van der Waals surface area contributed by atoms with E-state index >= 15 is 0 Å². The van der Waals surface area contributed by atoms with Gasteiger partial charge in [0, 0.05) is 7.05 Å². The number of imide groups is 1. The number of benzene rings is 1. The number of thioether (sulfide) groups is 1. The SMILES string of the molecule is COc1cc(/C=C2/SC(=O)N(C)C2=O)cc(I)c1OCC(=O)O. The number of carboxylic acids is 1. The van der Waals surface area contributed by atoms with Crippen molar-refractivity contribution in [2.45, 2.75) is 0 Å². The standard InChI is InChI=1S/C14H12INO6S/c1-16-13(19)10(23-14(16)20)5-7-3-8(15)12(9(4-7)21-2)22-6-11(17)18/h3-5H,6H2,1-2H3,(H,17,18)/b10-5+. The quantitative estimate of drug-likeness (QED) is 0.545. The van der Waals surface area contributed by atoms with Gasteiger partial charge in [0.25, 0.3) is 11.1 Å². The van der Waals surface area contributed by atoms with E-state index in [0.717, 1.165) is 16.7 Å². The fourth-order valence-electron chi connectivity index (χ4n) is 1.79. The number of hydrogen-bond acceptors (Lipinski definition) is 6. The molecule has 9 heteroatoms. The van der Waals surface area contributed by atoms with Crippen LogP contribution in [0.4, 0.5) is 4.79 Å². The van der Waals surface area contributed by atoms with Gasteiger partial charge < -0.3 is 14.6 Å². The van der Waals surface area contributed by atoms with Crippen LogP contribution in [0.25, 0.3) is 6.08 Å². The minimum Gasteiger partial charge on any atom is -0.493 e. The van der Waals surface area contributed by atoms with E-state index < -0.39 is 12.6 Å². The number of nitrogens with zero attached hydrogens (tertiary/aromatic N) is 1. The second-order valence-electron chi connectivity index (χ2n) is 4.46. The van der Waals surface area contributed by atoms with Gasteiger partial charge in [-0.1, -0.05) is 0 Å². The summed E-state index contributed by atoms with van der Waals surface area (Å²) >= 11 is 2.85. The zero-order chi connectivity index (χ0) is 17.1. The average Bonchev–Trinajstić information content (AvgIpc) is 2.72. The normalized spacial score (nSPS) is 16.1. The summed E-state index contributed by atoms with van der Waals surface area (Å²) in [5.41, 5.74) is 0.646. The first kappa shape index (κ1) is 17.6. The maximum absolute atomic E-state index is 11.9. The van der Waals surface area contributed by atoms with Crippen molar-refractivity contribution >= 4 is 57.5 Å². The first-order valence-corrected chi connectivity index (χ1v) is 8.16. The monoisotopic (exact) mass is 449 g/mol. The second-order valence-corrected chi connectivity index (χ2v) is 6.61. The highest BCUT2D eigenvalue weighted by Gasteiger charge is 2.31. The van der Waals surface area contributed by atoms with Crippen LogP contribution < -0.4 is 9.47 Å². The molecule has 1 aliphatic rings. The molecular formula is C14H12INO6S. The number of amides is 2. The number of halogens is 1. The van der Waals surface area contributed by atoms with Crippen LogP contribution >= 0.6 is 34.4 Å². The van der Waals surface area contributed by atoms with Gasteiger partial charge in [0.1, 0.15) is 0 Å². The van der Waals surface area contributed by atoms with Crippen LogP contribution in [0.2, 0.25) is 0 Å². The lowest BCUT2D eigenvalue weighted by molar-refractivity contribution is -0.139. The number of carboxylic acid groups (broad SMARTS) is 1. The number of hydrogen-bond donors (Lipinski definition) is 1. The van der Waals surface area contributed by atoms with E-state index in [4.69, 9.17) is 14.6 Å². The second kappa shape index (κ2) is 7.21. The molecule has 1 aliphatic heterocycles.